The molecule has 0 fully saturated rings. The van der Waals surface area contributed by atoms with E-state index in [-0.39, 0.29) is 0 Å². The summed E-state index contributed by atoms with van der Waals surface area (Å²) in [6.07, 6.45) is 12.7. The van der Waals surface area contributed by atoms with Crippen molar-refractivity contribution in [2.24, 2.45) is 0 Å². The standard InChI is InChI=1S/2C19H19.2C9H12O.2CH3.H2Si.Zr/c2*1-2-3-8-15-13-17-11-7-12-18(19(17)14-15)16-9-5-4-6-10-16;2*1-6-4-7(2)9(10)8(3)5-6;;;;/h2*4-7,9-14H,2-3,8H2,1H3;2*4-5,10H,1-3H3;2*1H3;1H2;. The Balaban J connectivity index is 0.000000262. The van der Waals surface area contributed by atoms with E-state index >= 15 is 0 Å². The maximum Gasteiger partial charge on any atom is 0.121 e. The fraction of sp³-hybridized carbons (Fsp3) is 0.310. The summed E-state index contributed by atoms with van der Waals surface area (Å²) in [5, 5.41) is 18.7. The molecule has 2 aliphatic rings. The van der Waals surface area contributed by atoms with E-state index < -0.39 is 17.4 Å². The summed E-state index contributed by atoms with van der Waals surface area (Å²) in [5.41, 5.74) is 21.3. The van der Waals surface area contributed by atoms with E-state index in [2.05, 4.69) is 139 Å². The van der Waals surface area contributed by atoms with E-state index in [9.17, 15) is 10.2 Å². The van der Waals surface area contributed by atoms with Crippen molar-refractivity contribution in [3.63, 3.8) is 0 Å². The molecule has 8 rings (SSSR count). The van der Waals surface area contributed by atoms with Gasteiger partial charge in [-0.3, -0.25) is 0 Å². The van der Waals surface area contributed by atoms with Crippen LogP contribution in [0.15, 0.2) is 132 Å². The van der Waals surface area contributed by atoms with Crippen LogP contribution < -0.4 is 0 Å². The van der Waals surface area contributed by atoms with Crippen LogP contribution in [0.2, 0.25) is 9.26 Å². The normalized spacial score (nSPS) is 15.3. The summed E-state index contributed by atoms with van der Waals surface area (Å²) in [6.45, 7) is 18.9. The van der Waals surface area contributed by atoms with Crippen LogP contribution in [0.25, 0.3) is 34.4 Å². The van der Waals surface area contributed by atoms with Crippen LogP contribution in [0, 0.1) is 41.5 Å². The number of benzene rings is 6. The number of aromatic hydroxyl groups is 2. The molecule has 0 saturated heterocycles. The summed E-state index contributed by atoms with van der Waals surface area (Å²) in [5.74, 6) is 0.844. The van der Waals surface area contributed by atoms with Gasteiger partial charge in [-0.1, -0.05) is 35.4 Å². The number of rotatable bonds is 10. The summed E-state index contributed by atoms with van der Waals surface area (Å²) in [7, 11) is 0. The minimum atomic E-state index is -3.65. The summed E-state index contributed by atoms with van der Waals surface area (Å²) < 4.78 is 6.75. The number of unbranched alkanes of at least 4 members (excludes halogenated alkanes) is 2. The number of phenols is 2. The Kier molecular flexibility index (Phi) is 15.1. The average molecular weight is 919 g/mol. The molecule has 62 heavy (non-hydrogen) atoms. The maximum atomic E-state index is 9.33. The molecule has 322 valence electrons. The van der Waals surface area contributed by atoms with Crippen molar-refractivity contribution in [1.29, 1.82) is 0 Å². The molecule has 0 heterocycles. The Morgan fingerprint density at radius 3 is 1.15 bits per heavy atom. The van der Waals surface area contributed by atoms with Crippen LogP contribution in [0.5, 0.6) is 11.5 Å². The number of hydrogen-bond donors (Lipinski definition) is 2. The van der Waals surface area contributed by atoms with E-state index in [1.165, 1.54) is 83.0 Å². The average Bonchev–Trinajstić information content (AvgIpc) is 3.84. The second-order valence-electron chi connectivity index (χ2n) is 19.3. The summed E-state index contributed by atoms with van der Waals surface area (Å²) >= 11 is -3.65. The molecule has 2 aliphatic carbocycles. The third-order valence-corrected chi connectivity index (χ3v) is 30.8. The first-order valence-electron chi connectivity index (χ1n) is 22.9. The van der Waals surface area contributed by atoms with Gasteiger partial charge in [-0.2, -0.15) is 0 Å². The Morgan fingerprint density at radius 2 is 0.823 bits per heavy atom. The molecule has 0 spiro atoms. The topological polar surface area (TPSA) is 40.5 Å². The molecule has 0 amide bonds. The van der Waals surface area contributed by atoms with Gasteiger partial charge in [-0.25, -0.2) is 0 Å². The van der Waals surface area contributed by atoms with Gasteiger partial charge in [-0.05, 0) is 63.8 Å². The van der Waals surface area contributed by atoms with Gasteiger partial charge in [0.15, 0.2) is 0 Å². The van der Waals surface area contributed by atoms with Crippen molar-refractivity contribution in [2.75, 3.05) is 0 Å². The third kappa shape index (κ3) is 10.1. The van der Waals surface area contributed by atoms with Crippen molar-refractivity contribution in [3.05, 3.63) is 188 Å². The Morgan fingerprint density at radius 1 is 0.484 bits per heavy atom. The van der Waals surface area contributed by atoms with E-state index in [0.29, 0.717) is 18.8 Å². The third-order valence-electron chi connectivity index (χ3n) is 13.3. The second kappa shape index (κ2) is 19.9. The van der Waals surface area contributed by atoms with Gasteiger partial charge in [-0.15, -0.1) is 0 Å². The number of allylic oxidation sites excluding steroid dienone is 2. The fourth-order valence-electron chi connectivity index (χ4n) is 10.6. The number of hydrogen-bond acceptors (Lipinski definition) is 2. The fourth-order valence-corrected chi connectivity index (χ4v) is 30.5. The predicted molar refractivity (Wildman–Crippen MR) is 269 cm³/mol. The number of fused-ring (bicyclic) bond motifs is 2. The van der Waals surface area contributed by atoms with Gasteiger partial charge in [0.2, 0.25) is 0 Å². The predicted octanol–water partition coefficient (Wildman–Crippen LogP) is 15.9. The molecule has 2 unspecified atom stereocenters. The largest absolute Gasteiger partial charge is 0.507 e. The van der Waals surface area contributed by atoms with Crippen LogP contribution in [-0.2, 0) is 17.4 Å². The SMILES string of the molecule is CCCCC1=Cc2c(-c3ccccc3)cccc2[CH]1[Zr]([CH3])([CH3])(=[SiH2])[CH]1C(CCCC)=Cc2c(-c3ccccc3)cccc21.Cc1cc(C)c(O)c(C)c1.Cc1cc(C)c(O)c(C)c1. The van der Waals surface area contributed by atoms with Gasteiger partial charge in [0.1, 0.15) is 11.5 Å². The molecule has 2 atom stereocenters. The number of aryl methyl sites for hydroxylation is 6. The van der Waals surface area contributed by atoms with Gasteiger partial charge >= 0.3 is 258 Å². The summed E-state index contributed by atoms with van der Waals surface area (Å²) in [6, 6.07) is 44.4. The molecule has 2 nitrogen and oxygen atoms in total. The van der Waals surface area contributed by atoms with Crippen LogP contribution in [-0.4, -0.2) is 17.1 Å². The minimum Gasteiger partial charge on any atom is -0.507 e. The van der Waals surface area contributed by atoms with E-state index in [0.717, 1.165) is 22.3 Å². The van der Waals surface area contributed by atoms with Crippen molar-refractivity contribution >= 4 is 19.0 Å². The summed E-state index contributed by atoms with van der Waals surface area (Å²) in [4.78, 5) is 0. The minimum absolute atomic E-state index is 0.422. The van der Waals surface area contributed by atoms with E-state index in [1.54, 1.807) is 22.3 Å². The zero-order chi connectivity index (χ0) is 44.8. The van der Waals surface area contributed by atoms with Gasteiger partial charge in [0, 0.05) is 0 Å². The first kappa shape index (κ1) is 47.0. The molecule has 0 saturated carbocycles. The van der Waals surface area contributed by atoms with Crippen molar-refractivity contribution in [1.82, 2.24) is 0 Å². The smallest absolute Gasteiger partial charge is 0.121 e. The molecule has 0 radical (unpaired) electrons. The van der Waals surface area contributed by atoms with Crippen LogP contribution in [0.3, 0.4) is 0 Å². The molecule has 6 aromatic rings. The van der Waals surface area contributed by atoms with Gasteiger partial charge in [0.25, 0.3) is 0 Å². The van der Waals surface area contributed by atoms with Crippen LogP contribution >= 0.6 is 0 Å². The number of phenolic OH excluding ortho intramolecular Hbond substituents is 2. The Labute approximate surface area is 376 Å². The molecule has 0 aliphatic heterocycles. The zero-order valence-corrected chi connectivity index (χ0v) is 43.1. The zero-order valence-electron chi connectivity index (χ0n) is 39.2. The van der Waals surface area contributed by atoms with E-state index in [1.807, 2.05) is 65.8 Å². The second-order valence-corrected chi connectivity index (χ2v) is 49.8. The quantitative estimate of drug-likeness (QED) is 0.134. The molecule has 0 aromatic heterocycles. The first-order valence-corrected chi connectivity index (χ1v) is 36.6. The van der Waals surface area contributed by atoms with Gasteiger partial charge in [0.05, 0.1) is 0 Å². The van der Waals surface area contributed by atoms with Crippen LogP contribution in [0.4, 0.5) is 0 Å². The molecular weight excluding hydrogens is 848 g/mol. The Hall–Kier alpha value is -4.50. The van der Waals surface area contributed by atoms with Gasteiger partial charge < -0.3 is 10.2 Å². The molecular formula is C58H70O2SiZr. The molecule has 2 N–H and O–H groups in total. The van der Waals surface area contributed by atoms with E-state index in [4.69, 9.17) is 0 Å². The first-order chi connectivity index (χ1) is 29.5. The molecule has 0 bridgehead atoms. The van der Waals surface area contributed by atoms with Crippen molar-refractivity contribution < 1.29 is 27.6 Å². The maximum absolute atomic E-state index is 9.33. The molecule has 6 aromatic carbocycles. The Bertz CT molecular complexity index is 2440. The monoisotopic (exact) mass is 916 g/mol. The van der Waals surface area contributed by atoms with Crippen LogP contribution in [0.1, 0.15) is 115 Å². The van der Waals surface area contributed by atoms with Crippen molar-refractivity contribution in [3.8, 4) is 33.8 Å². The van der Waals surface area contributed by atoms with Crippen molar-refractivity contribution in [2.45, 2.75) is 110 Å². The molecule has 4 heteroatoms.